The molecule has 33 heavy (non-hydrogen) atoms. The lowest BCUT2D eigenvalue weighted by molar-refractivity contribution is -0.149. The summed E-state index contributed by atoms with van der Waals surface area (Å²) >= 11 is 0. The number of hydrogen-bond donors (Lipinski definition) is 7. The van der Waals surface area contributed by atoms with Gasteiger partial charge in [0, 0.05) is 19.5 Å². The van der Waals surface area contributed by atoms with Crippen LogP contribution in [0.3, 0.4) is 0 Å². The Balaban J connectivity index is 3.02. The van der Waals surface area contributed by atoms with Gasteiger partial charge in [-0.1, -0.05) is 0 Å². The zero-order valence-corrected chi connectivity index (χ0v) is 18.5. The van der Waals surface area contributed by atoms with Gasteiger partial charge < -0.3 is 42.9 Å². The summed E-state index contributed by atoms with van der Waals surface area (Å²) in [6, 6.07) is -4.31. The molecule has 1 rings (SSSR count). The van der Waals surface area contributed by atoms with Crippen molar-refractivity contribution >= 4 is 35.6 Å². The van der Waals surface area contributed by atoms with Gasteiger partial charge in [-0.05, 0) is 39.0 Å². The van der Waals surface area contributed by atoms with E-state index < -0.39 is 60.2 Å². The van der Waals surface area contributed by atoms with E-state index in [-0.39, 0.29) is 31.9 Å². The van der Waals surface area contributed by atoms with Gasteiger partial charge in [0.2, 0.25) is 17.7 Å². The zero-order valence-electron chi connectivity index (χ0n) is 18.5. The van der Waals surface area contributed by atoms with Gasteiger partial charge in [-0.25, -0.2) is 4.79 Å². The van der Waals surface area contributed by atoms with Crippen LogP contribution in [0, 0.1) is 0 Å². The minimum atomic E-state index is -1.25. The molecular formula is C19H33N7O7. The highest BCUT2D eigenvalue weighted by atomic mass is 16.4. The van der Waals surface area contributed by atoms with Crippen molar-refractivity contribution in [3.05, 3.63) is 0 Å². The molecule has 1 saturated heterocycles. The molecule has 0 bridgehead atoms. The fourth-order valence-corrected chi connectivity index (χ4v) is 3.36. The van der Waals surface area contributed by atoms with Crippen LogP contribution in [0.1, 0.15) is 45.4 Å². The van der Waals surface area contributed by atoms with Gasteiger partial charge in [-0.2, -0.15) is 0 Å². The van der Waals surface area contributed by atoms with Gasteiger partial charge in [0.15, 0.2) is 5.96 Å². The first-order chi connectivity index (χ1) is 15.4. The molecule has 4 atom stereocenters. The average molecular weight is 472 g/mol. The van der Waals surface area contributed by atoms with E-state index in [2.05, 4.69) is 15.6 Å². The maximum Gasteiger partial charge on any atom is 0.326 e. The molecule has 14 nitrogen and oxygen atoms in total. The van der Waals surface area contributed by atoms with E-state index in [4.69, 9.17) is 22.3 Å². The number of nitrogens with two attached hydrogens (primary N) is 3. The Morgan fingerprint density at radius 2 is 1.70 bits per heavy atom. The Kier molecular flexibility index (Phi) is 11.0. The van der Waals surface area contributed by atoms with Gasteiger partial charge in [-0.15, -0.1) is 0 Å². The standard InChI is InChI=1S/C19H33N7O7/c1-10(20)15(29)24-11(6-7-14(27)28)16(30)25-12(4-2-8-23-19(21)22)17(31)26-9-3-5-13(26)18(32)33/h10-13H,2-9,20H2,1H3,(H,24,29)(H,25,30)(H,27,28)(H,32,33)(H4,21,22,23). The third-order valence-electron chi connectivity index (χ3n) is 5.07. The van der Waals surface area contributed by atoms with Crippen molar-refractivity contribution in [1.82, 2.24) is 15.5 Å². The molecule has 1 aliphatic heterocycles. The second-order valence-electron chi connectivity index (χ2n) is 7.82. The molecule has 1 heterocycles. The van der Waals surface area contributed by atoms with E-state index >= 15 is 0 Å². The zero-order chi connectivity index (χ0) is 25.1. The van der Waals surface area contributed by atoms with Crippen LogP contribution in [0.25, 0.3) is 0 Å². The summed E-state index contributed by atoms with van der Waals surface area (Å²) in [4.78, 5) is 65.4. The van der Waals surface area contributed by atoms with Crippen LogP contribution in [-0.4, -0.2) is 88.0 Å². The van der Waals surface area contributed by atoms with Gasteiger partial charge in [0.05, 0.1) is 6.04 Å². The van der Waals surface area contributed by atoms with Crippen LogP contribution in [0.5, 0.6) is 0 Å². The summed E-state index contributed by atoms with van der Waals surface area (Å²) in [7, 11) is 0. The normalized spacial score (nSPS) is 18.0. The second-order valence-corrected chi connectivity index (χ2v) is 7.82. The van der Waals surface area contributed by atoms with Crippen LogP contribution in [0.15, 0.2) is 4.99 Å². The van der Waals surface area contributed by atoms with Crippen molar-refractivity contribution in [3.63, 3.8) is 0 Å². The molecule has 0 saturated carbocycles. The Hall–Kier alpha value is -3.42. The number of carbonyl (C=O) groups is 5. The highest BCUT2D eigenvalue weighted by Gasteiger charge is 2.38. The Bertz CT molecular complexity index is 768. The SMILES string of the molecule is CC(N)C(=O)NC(CCC(=O)O)C(=O)NC(CCCN=C(N)N)C(=O)N1CCCC1C(=O)O. The van der Waals surface area contributed by atoms with Crippen LogP contribution in [0.4, 0.5) is 0 Å². The van der Waals surface area contributed by atoms with Crippen molar-refractivity contribution < 1.29 is 34.2 Å². The van der Waals surface area contributed by atoms with Crippen LogP contribution in [0.2, 0.25) is 0 Å². The lowest BCUT2D eigenvalue weighted by Gasteiger charge is -2.28. The minimum absolute atomic E-state index is 0.0943. The molecule has 0 spiro atoms. The number of carboxylic acids is 2. The first-order valence-corrected chi connectivity index (χ1v) is 10.6. The molecule has 0 aromatic heterocycles. The summed E-state index contributed by atoms with van der Waals surface area (Å²) < 4.78 is 0. The smallest absolute Gasteiger partial charge is 0.326 e. The number of aliphatic carboxylic acids is 2. The number of aliphatic imine (C=N–C) groups is 1. The van der Waals surface area contributed by atoms with Gasteiger partial charge in [-0.3, -0.25) is 24.2 Å². The summed E-state index contributed by atoms with van der Waals surface area (Å²) in [5, 5.41) is 23.3. The van der Waals surface area contributed by atoms with E-state index in [0.717, 1.165) is 0 Å². The van der Waals surface area contributed by atoms with Crippen molar-refractivity contribution in [2.45, 2.75) is 69.6 Å². The Morgan fingerprint density at radius 1 is 1.06 bits per heavy atom. The largest absolute Gasteiger partial charge is 0.481 e. The molecule has 3 amide bonds. The number of guanidine groups is 1. The van der Waals surface area contributed by atoms with Crippen molar-refractivity contribution in [2.75, 3.05) is 13.1 Å². The summed E-state index contributed by atoms with van der Waals surface area (Å²) in [5.74, 6) is -4.49. The summed E-state index contributed by atoms with van der Waals surface area (Å²) in [5.41, 5.74) is 16.1. The lowest BCUT2D eigenvalue weighted by atomic mass is 10.1. The fourth-order valence-electron chi connectivity index (χ4n) is 3.36. The Morgan fingerprint density at radius 3 is 2.24 bits per heavy atom. The molecule has 0 aromatic rings. The van der Waals surface area contributed by atoms with Crippen molar-refractivity contribution in [2.24, 2.45) is 22.2 Å². The van der Waals surface area contributed by atoms with Crippen molar-refractivity contribution in [1.29, 1.82) is 0 Å². The summed E-state index contributed by atoms with van der Waals surface area (Å²) in [6.45, 7) is 1.80. The molecule has 0 aliphatic carbocycles. The van der Waals surface area contributed by atoms with E-state index in [0.29, 0.717) is 19.3 Å². The first-order valence-electron chi connectivity index (χ1n) is 10.6. The van der Waals surface area contributed by atoms with Gasteiger partial charge >= 0.3 is 11.9 Å². The quantitative estimate of drug-likeness (QED) is 0.0831. The van der Waals surface area contributed by atoms with Crippen LogP contribution >= 0.6 is 0 Å². The maximum atomic E-state index is 13.1. The number of nitrogens with zero attached hydrogens (tertiary/aromatic N) is 2. The molecule has 0 aromatic carbocycles. The Labute approximate surface area is 190 Å². The number of carbonyl (C=O) groups excluding carboxylic acids is 3. The summed E-state index contributed by atoms with van der Waals surface area (Å²) in [6.07, 6.45) is 0.553. The number of hydrogen-bond acceptors (Lipinski definition) is 7. The van der Waals surface area contributed by atoms with Crippen LogP contribution in [-0.2, 0) is 24.0 Å². The highest BCUT2D eigenvalue weighted by molar-refractivity contribution is 5.94. The van der Waals surface area contributed by atoms with E-state index in [1.807, 2.05) is 0 Å². The monoisotopic (exact) mass is 471 g/mol. The fraction of sp³-hybridized carbons (Fsp3) is 0.684. The van der Waals surface area contributed by atoms with E-state index in [1.54, 1.807) is 0 Å². The third kappa shape index (κ3) is 9.31. The van der Waals surface area contributed by atoms with E-state index in [9.17, 15) is 29.1 Å². The molecule has 10 N–H and O–H groups in total. The second kappa shape index (κ2) is 13.2. The predicted molar refractivity (Wildman–Crippen MR) is 117 cm³/mol. The lowest BCUT2D eigenvalue weighted by Crippen LogP contribution is -2.57. The molecule has 14 heteroatoms. The first kappa shape index (κ1) is 27.6. The van der Waals surface area contributed by atoms with Gasteiger partial charge in [0.25, 0.3) is 0 Å². The predicted octanol–water partition coefficient (Wildman–Crippen LogP) is -2.70. The number of likely N-dealkylation sites (tertiary alicyclic amines) is 1. The van der Waals surface area contributed by atoms with Gasteiger partial charge in [0.1, 0.15) is 18.1 Å². The highest BCUT2D eigenvalue weighted by Crippen LogP contribution is 2.20. The molecule has 1 fully saturated rings. The molecule has 0 radical (unpaired) electrons. The van der Waals surface area contributed by atoms with Crippen molar-refractivity contribution in [3.8, 4) is 0 Å². The van der Waals surface area contributed by atoms with E-state index in [1.165, 1.54) is 11.8 Å². The van der Waals surface area contributed by atoms with Crippen LogP contribution < -0.4 is 27.8 Å². The number of nitrogens with one attached hydrogen (secondary N) is 2. The molecule has 1 aliphatic rings. The molecule has 4 unspecified atom stereocenters. The maximum absolute atomic E-state index is 13.1. The number of carboxylic acid groups (broad SMARTS) is 2. The minimum Gasteiger partial charge on any atom is -0.481 e. The third-order valence-corrected chi connectivity index (χ3v) is 5.07. The topological polar surface area (TPSA) is 244 Å². The molecular weight excluding hydrogens is 438 g/mol. The average Bonchev–Trinajstić information content (AvgIpc) is 3.22. The number of amides is 3. The number of rotatable bonds is 13. The molecule has 186 valence electrons.